The van der Waals surface area contributed by atoms with Crippen molar-refractivity contribution in [2.45, 2.75) is 6.92 Å². The van der Waals surface area contributed by atoms with Gasteiger partial charge in [0.25, 0.3) is 0 Å². The molecule has 0 radical (unpaired) electrons. The molecule has 1 N–H and O–H groups in total. The molecule has 3 aromatic heterocycles. The lowest BCUT2D eigenvalue weighted by Crippen LogP contribution is -2.03. The van der Waals surface area contributed by atoms with E-state index in [0.29, 0.717) is 0 Å². The van der Waals surface area contributed by atoms with Crippen molar-refractivity contribution in [3.63, 3.8) is 0 Å². The van der Waals surface area contributed by atoms with Crippen LogP contribution in [0.4, 0.5) is 5.69 Å². The SMILES string of the molecule is C=Cc1c(/C(=C\C)Nc2ccc(-c3ccc4oc5ccccc5c4c3)cc2)n2c3ccccc3c3cccc1c32. The summed E-state index contributed by atoms with van der Waals surface area (Å²) in [5.41, 5.74) is 11.0. The number of rotatable bonds is 5. The van der Waals surface area contributed by atoms with Crippen LogP contribution >= 0.6 is 0 Å². The predicted octanol–water partition coefficient (Wildman–Crippen LogP) is 10.4. The molecule has 0 aliphatic rings. The number of nitrogens with zero attached hydrogens (tertiary/aromatic N) is 1. The summed E-state index contributed by atoms with van der Waals surface area (Å²) in [6, 6.07) is 38.5. The van der Waals surface area contributed by atoms with Crippen molar-refractivity contribution in [1.82, 2.24) is 4.40 Å². The maximum Gasteiger partial charge on any atom is 0.135 e. The Labute approximate surface area is 231 Å². The van der Waals surface area contributed by atoms with Gasteiger partial charge in [0.2, 0.25) is 0 Å². The van der Waals surface area contributed by atoms with E-state index in [1.807, 2.05) is 18.2 Å². The van der Waals surface area contributed by atoms with E-state index in [2.05, 4.69) is 126 Å². The van der Waals surface area contributed by atoms with Gasteiger partial charge in [0.1, 0.15) is 11.2 Å². The molecule has 3 heterocycles. The van der Waals surface area contributed by atoms with Crippen molar-refractivity contribution < 1.29 is 4.42 Å². The van der Waals surface area contributed by atoms with Crippen molar-refractivity contribution in [3.8, 4) is 11.1 Å². The second-order valence-electron chi connectivity index (χ2n) is 10.2. The summed E-state index contributed by atoms with van der Waals surface area (Å²) in [4.78, 5) is 0. The van der Waals surface area contributed by atoms with Crippen molar-refractivity contribution >= 4 is 66.6 Å². The molecule has 8 rings (SSSR count). The van der Waals surface area contributed by atoms with Crippen LogP contribution in [0, 0.1) is 0 Å². The summed E-state index contributed by atoms with van der Waals surface area (Å²) in [6.07, 6.45) is 4.13. The minimum atomic E-state index is 0.913. The van der Waals surface area contributed by atoms with E-state index >= 15 is 0 Å². The summed E-state index contributed by atoms with van der Waals surface area (Å²) in [5.74, 6) is 0. The molecular formula is C37H26N2O. The number of fused-ring (bicyclic) bond motifs is 6. The zero-order valence-corrected chi connectivity index (χ0v) is 22.1. The second kappa shape index (κ2) is 8.62. The van der Waals surface area contributed by atoms with Gasteiger partial charge >= 0.3 is 0 Å². The Balaban J connectivity index is 1.20. The Hall–Kier alpha value is -5.28. The van der Waals surface area contributed by atoms with Crippen LogP contribution in [0.15, 0.2) is 126 Å². The maximum absolute atomic E-state index is 6.02. The molecule has 190 valence electrons. The minimum Gasteiger partial charge on any atom is -0.456 e. The second-order valence-corrected chi connectivity index (χ2v) is 10.2. The molecule has 0 amide bonds. The van der Waals surface area contributed by atoms with Crippen LogP contribution < -0.4 is 5.32 Å². The van der Waals surface area contributed by atoms with Crippen LogP contribution in [0.25, 0.3) is 72.0 Å². The predicted molar refractivity (Wildman–Crippen MR) is 170 cm³/mol. The number of aromatic nitrogens is 1. The highest BCUT2D eigenvalue weighted by Gasteiger charge is 2.22. The molecule has 0 fully saturated rings. The van der Waals surface area contributed by atoms with Gasteiger partial charge in [-0.15, -0.1) is 0 Å². The number of para-hydroxylation sites is 3. The monoisotopic (exact) mass is 514 g/mol. The standard InChI is InChI=1S/C37H26N2O/c1-3-26-29-12-9-13-30-27-10-5-7-14-33(27)39(36(29)30)37(26)32(4-2)38-25-19-16-23(17-20-25)24-18-21-35-31(22-24)28-11-6-8-15-34(28)40-35/h3-22,38H,1H2,2H3/b32-4+. The first-order valence-corrected chi connectivity index (χ1v) is 13.6. The van der Waals surface area contributed by atoms with Crippen molar-refractivity contribution in [1.29, 1.82) is 0 Å². The van der Waals surface area contributed by atoms with Crippen molar-refractivity contribution in [3.05, 3.63) is 133 Å². The molecule has 0 atom stereocenters. The summed E-state index contributed by atoms with van der Waals surface area (Å²) in [5, 5.41) is 9.75. The average Bonchev–Trinajstić information content (AvgIpc) is 3.66. The molecule has 3 heteroatoms. The van der Waals surface area contributed by atoms with E-state index in [1.54, 1.807) is 0 Å². The van der Waals surface area contributed by atoms with E-state index in [1.165, 1.54) is 32.8 Å². The Morgan fingerprint density at radius 3 is 2.23 bits per heavy atom. The maximum atomic E-state index is 6.02. The Kier molecular flexibility index (Phi) is 4.89. The summed E-state index contributed by atoms with van der Waals surface area (Å²) < 4.78 is 8.41. The Morgan fingerprint density at radius 2 is 1.40 bits per heavy atom. The lowest BCUT2D eigenvalue weighted by molar-refractivity contribution is 0.669. The highest BCUT2D eigenvalue weighted by Crippen LogP contribution is 2.40. The summed E-state index contributed by atoms with van der Waals surface area (Å²) in [6.45, 7) is 6.28. The first-order chi connectivity index (χ1) is 19.7. The van der Waals surface area contributed by atoms with Crippen LogP contribution in [0.1, 0.15) is 18.2 Å². The van der Waals surface area contributed by atoms with Gasteiger partial charge in [-0.3, -0.25) is 0 Å². The van der Waals surface area contributed by atoms with Gasteiger partial charge in [-0.05, 0) is 54.4 Å². The minimum absolute atomic E-state index is 0.913. The first kappa shape index (κ1) is 22.7. The number of nitrogens with one attached hydrogen (secondary N) is 1. The first-order valence-electron chi connectivity index (χ1n) is 13.6. The molecule has 0 unspecified atom stereocenters. The molecule has 5 aromatic carbocycles. The van der Waals surface area contributed by atoms with Crippen LogP contribution in [-0.4, -0.2) is 4.40 Å². The molecule has 3 nitrogen and oxygen atoms in total. The molecular weight excluding hydrogens is 488 g/mol. The van der Waals surface area contributed by atoms with Gasteiger partial charge in [-0.2, -0.15) is 0 Å². The van der Waals surface area contributed by atoms with Gasteiger partial charge in [0, 0.05) is 38.2 Å². The molecule has 40 heavy (non-hydrogen) atoms. The van der Waals surface area contributed by atoms with Gasteiger partial charge in [0.15, 0.2) is 0 Å². The molecule has 8 aromatic rings. The van der Waals surface area contributed by atoms with Crippen LogP contribution in [0.5, 0.6) is 0 Å². The zero-order valence-electron chi connectivity index (χ0n) is 22.1. The van der Waals surface area contributed by atoms with Gasteiger partial charge in [-0.1, -0.05) is 91.5 Å². The topological polar surface area (TPSA) is 29.6 Å². The van der Waals surface area contributed by atoms with Crippen molar-refractivity contribution in [2.24, 2.45) is 0 Å². The smallest absolute Gasteiger partial charge is 0.135 e. The number of hydrogen-bond donors (Lipinski definition) is 1. The average molecular weight is 515 g/mol. The Morgan fingerprint density at radius 1 is 0.700 bits per heavy atom. The molecule has 0 saturated heterocycles. The third-order valence-electron chi connectivity index (χ3n) is 8.09. The number of benzene rings is 5. The van der Waals surface area contributed by atoms with E-state index in [4.69, 9.17) is 4.42 Å². The summed E-state index contributed by atoms with van der Waals surface area (Å²) in [7, 11) is 0. The van der Waals surface area contributed by atoms with Gasteiger partial charge in [-0.25, -0.2) is 0 Å². The van der Waals surface area contributed by atoms with E-state index in [9.17, 15) is 0 Å². The number of anilines is 1. The molecule has 0 aliphatic heterocycles. The molecule has 0 spiro atoms. The van der Waals surface area contributed by atoms with E-state index < -0.39 is 0 Å². The fourth-order valence-electron chi connectivity index (χ4n) is 6.26. The van der Waals surface area contributed by atoms with E-state index in [0.717, 1.165) is 50.1 Å². The number of furan rings is 1. The normalized spacial score (nSPS) is 12.4. The fraction of sp³-hybridized carbons (Fsp3) is 0.0270. The number of hydrogen-bond acceptors (Lipinski definition) is 2. The highest BCUT2D eigenvalue weighted by atomic mass is 16.3. The zero-order chi connectivity index (χ0) is 26.8. The van der Waals surface area contributed by atoms with E-state index in [-0.39, 0.29) is 0 Å². The fourth-order valence-corrected chi connectivity index (χ4v) is 6.26. The highest BCUT2D eigenvalue weighted by molar-refractivity contribution is 6.18. The van der Waals surface area contributed by atoms with Crippen molar-refractivity contribution in [2.75, 3.05) is 5.32 Å². The van der Waals surface area contributed by atoms with Crippen LogP contribution in [0.2, 0.25) is 0 Å². The van der Waals surface area contributed by atoms with Crippen LogP contribution in [-0.2, 0) is 0 Å². The largest absolute Gasteiger partial charge is 0.456 e. The molecule has 0 bridgehead atoms. The van der Waals surface area contributed by atoms with Crippen LogP contribution in [0.3, 0.4) is 0 Å². The molecule has 0 saturated carbocycles. The number of allylic oxidation sites excluding steroid dienone is 1. The lowest BCUT2D eigenvalue weighted by Gasteiger charge is -2.14. The van der Waals surface area contributed by atoms with Gasteiger partial charge in [0.05, 0.1) is 22.4 Å². The summed E-state index contributed by atoms with van der Waals surface area (Å²) >= 11 is 0. The Bertz CT molecular complexity index is 2260. The lowest BCUT2D eigenvalue weighted by atomic mass is 10.0. The van der Waals surface area contributed by atoms with Gasteiger partial charge < -0.3 is 14.1 Å². The third kappa shape index (κ3) is 3.18. The quantitative estimate of drug-likeness (QED) is 0.248. The third-order valence-corrected chi connectivity index (χ3v) is 8.09. The molecule has 0 aliphatic carbocycles.